The molecule has 1 heterocycles. The van der Waals surface area contributed by atoms with Gasteiger partial charge in [-0.15, -0.1) is 23.7 Å². The predicted octanol–water partition coefficient (Wildman–Crippen LogP) is 4.39. The van der Waals surface area contributed by atoms with E-state index in [1.807, 2.05) is 0 Å². The second-order valence-electron chi connectivity index (χ2n) is 6.34. The molecule has 0 radical (unpaired) electrons. The lowest BCUT2D eigenvalue weighted by atomic mass is 10.0. The molecule has 5 heteroatoms. The van der Waals surface area contributed by atoms with Gasteiger partial charge in [-0.1, -0.05) is 12.1 Å². The number of nitrogens with one attached hydrogen (secondary N) is 1. The zero-order chi connectivity index (χ0) is 15.5. The van der Waals surface area contributed by atoms with Gasteiger partial charge in [-0.05, 0) is 70.4 Å². The van der Waals surface area contributed by atoms with Crippen LogP contribution in [0.1, 0.15) is 28.8 Å². The molecule has 0 saturated carbocycles. The molecule has 0 fully saturated rings. The molecule has 1 aromatic carbocycles. The van der Waals surface area contributed by atoms with E-state index in [1.165, 1.54) is 40.8 Å². The number of nitrogens with zero attached hydrogens (tertiary/aromatic N) is 2. The Morgan fingerprint density at radius 2 is 2.00 bits per heavy atom. The SMILES string of the molecule is Cc1sc(NCCCN(C)C)nc1-c1ccc2c(c1)CCC2.Cl. The summed E-state index contributed by atoms with van der Waals surface area (Å²) in [7, 11) is 4.22. The van der Waals surface area contributed by atoms with Gasteiger partial charge >= 0.3 is 0 Å². The van der Waals surface area contributed by atoms with Crippen molar-refractivity contribution in [2.75, 3.05) is 32.5 Å². The van der Waals surface area contributed by atoms with E-state index in [2.05, 4.69) is 49.4 Å². The van der Waals surface area contributed by atoms with E-state index in [9.17, 15) is 0 Å². The largest absolute Gasteiger partial charge is 0.361 e. The number of halogens is 1. The number of anilines is 1. The molecule has 1 aliphatic carbocycles. The highest BCUT2D eigenvalue weighted by Gasteiger charge is 2.14. The second-order valence-corrected chi connectivity index (χ2v) is 7.55. The van der Waals surface area contributed by atoms with Gasteiger partial charge in [-0.3, -0.25) is 0 Å². The van der Waals surface area contributed by atoms with E-state index in [0.717, 1.165) is 30.3 Å². The highest BCUT2D eigenvalue weighted by atomic mass is 35.5. The molecule has 0 unspecified atom stereocenters. The quantitative estimate of drug-likeness (QED) is 0.782. The van der Waals surface area contributed by atoms with E-state index in [4.69, 9.17) is 4.98 Å². The number of fused-ring (bicyclic) bond motifs is 1. The molecule has 2 aromatic rings. The average Bonchev–Trinajstić information content (AvgIpc) is 3.08. The Bertz CT molecular complexity index is 652. The molecule has 1 N–H and O–H groups in total. The molecule has 0 aliphatic heterocycles. The number of aromatic nitrogens is 1. The van der Waals surface area contributed by atoms with Gasteiger partial charge in [-0.2, -0.15) is 0 Å². The topological polar surface area (TPSA) is 28.2 Å². The third-order valence-corrected chi connectivity index (χ3v) is 5.16. The third kappa shape index (κ3) is 4.46. The van der Waals surface area contributed by atoms with Gasteiger partial charge < -0.3 is 10.2 Å². The Labute approximate surface area is 149 Å². The fourth-order valence-corrected chi connectivity index (χ4v) is 3.91. The number of aryl methyl sites for hydroxylation is 3. The van der Waals surface area contributed by atoms with Crippen molar-refractivity contribution < 1.29 is 0 Å². The summed E-state index contributed by atoms with van der Waals surface area (Å²) in [6.07, 6.45) is 4.90. The van der Waals surface area contributed by atoms with Gasteiger partial charge in [0.2, 0.25) is 0 Å². The van der Waals surface area contributed by atoms with Gasteiger partial charge in [0, 0.05) is 17.0 Å². The molecule has 0 bridgehead atoms. The Hall–Kier alpha value is -1.10. The zero-order valence-electron chi connectivity index (χ0n) is 14.2. The van der Waals surface area contributed by atoms with Crippen LogP contribution in [0.15, 0.2) is 18.2 Å². The smallest absolute Gasteiger partial charge is 0.183 e. The van der Waals surface area contributed by atoms with Crippen LogP contribution in [0.5, 0.6) is 0 Å². The van der Waals surface area contributed by atoms with Crippen LogP contribution in [0, 0.1) is 6.92 Å². The third-order valence-electron chi connectivity index (χ3n) is 4.23. The fourth-order valence-electron chi connectivity index (χ4n) is 3.05. The monoisotopic (exact) mass is 351 g/mol. The summed E-state index contributed by atoms with van der Waals surface area (Å²) in [4.78, 5) is 8.33. The predicted molar refractivity (Wildman–Crippen MR) is 103 cm³/mol. The summed E-state index contributed by atoms with van der Waals surface area (Å²) in [5, 5.41) is 4.51. The van der Waals surface area contributed by atoms with Crippen LogP contribution in [0.25, 0.3) is 11.3 Å². The number of hydrogen-bond donors (Lipinski definition) is 1. The van der Waals surface area contributed by atoms with E-state index < -0.39 is 0 Å². The summed E-state index contributed by atoms with van der Waals surface area (Å²) < 4.78 is 0. The minimum atomic E-state index is 0. The standard InChI is InChI=1S/C18H25N3S.ClH/c1-13-17(16-9-8-14-6-4-7-15(14)12-16)20-18(22-13)19-10-5-11-21(2)3;/h8-9,12H,4-7,10-11H2,1-3H3,(H,19,20);1H. The summed E-state index contributed by atoms with van der Waals surface area (Å²) in [5.74, 6) is 0. The van der Waals surface area contributed by atoms with Gasteiger partial charge in [0.05, 0.1) is 5.69 Å². The van der Waals surface area contributed by atoms with Crippen LogP contribution in [0.4, 0.5) is 5.13 Å². The first-order chi connectivity index (χ1) is 10.6. The average molecular weight is 352 g/mol. The van der Waals surface area contributed by atoms with E-state index in [1.54, 1.807) is 11.3 Å². The Morgan fingerprint density at radius 1 is 1.22 bits per heavy atom. The normalized spacial score (nSPS) is 13.0. The summed E-state index contributed by atoms with van der Waals surface area (Å²) >= 11 is 1.77. The first-order valence-corrected chi connectivity index (χ1v) is 8.93. The van der Waals surface area contributed by atoms with Gasteiger partial charge in [-0.25, -0.2) is 4.98 Å². The number of hydrogen-bond acceptors (Lipinski definition) is 4. The molecule has 1 aliphatic rings. The van der Waals surface area contributed by atoms with E-state index in [-0.39, 0.29) is 12.4 Å². The maximum absolute atomic E-state index is 4.82. The minimum Gasteiger partial charge on any atom is -0.361 e. The molecule has 0 atom stereocenters. The molecule has 3 rings (SSSR count). The Kier molecular flexibility index (Phi) is 6.45. The van der Waals surface area contributed by atoms with Crippen molar-refractivity contribution in [2.24, 2.45) is 0 Å². The molecule has 3 nitrogen and oxygen atoms in total. The molecular weight excluding hydrogens is 326 g/mol. The van der Waals surface area contributed by atoms with Gasteiger partial charge in [0.15, 0.2) is 5.13 Å². The van der Waals surface area contributed by atoms with Crippen molar-refractivity contribution in [3.63, 3.8) is 0 Å². The maximum atomic E-state index is 4.82. The lowest BCUT2D eigenvalue weighted by Gasteiger charge is -2.08. The lowest BCUT2D eigenvalue weighted by Crippen LogP contribution is -2.16. The number of benzene rings is 1. The second kappa shape index (κ2) is 8.13. The van der Waals surface area contributed by atoms with E-state index >= 15 is 0 Å². The Balaban J connectivity index is 0.00000192. The van der Waals surface area contributed by atoms with Gasteiger partial charge in [0.25, 0.3) is 0 Å². The van der Waals surface area contributed by atoms with Crippen LogP contribution in [-0.2, 0) is 12.8 Å². The number of rotatable bonds is 6. The van der Waals surface area contributed by atoms with Crippen molar-refractivity contribution in [1.29, 1.82) is 0 Å². The molecule has 0 amide bonds. The number of thiazole rings is 1. The van der Waals surface area contributed by atoms with Crippen LogP contribution in [-0.4, -0.2) is 37.1 Å². The van der Waals surface area contributed by atoms with E-state index in [0.29, 0.717) is 0 Å². The summed E-state index contributed by atoms with van der Waals surface area (Å²) in [5.41, 5.74) is 5.47. The maximum Gasteiger partial charge on any atom is 0.183 e. The van der Waals surface area contributed by atoms with Crippen molar-refractivity contribution in [1.82, 2.24) is 9.88 Å². The molecular formula is C18H26ClN3S. The first-order valence-electron chi connectivity index (χ1n) is 8.11. The Morgan fingerprint density at radius 3 is 2.78 bits per heavy atom. The van der Waals surface area contributed by atoms with Crippen molar-refractivity contribution in [3.8, 4) is 11.3 Å². The highest BCUT2D eigenvalue weighted by Crippen LogP contribution is 2.33. The summed E-state index contributed by atoms with van der Waals surface area (Å²) in [6, 6.07) is 6.88. The lowest BCUT2D eigenvalue weighted by molar-refractivity contribution is 0.405. The molecule has 0 spiro atoms. The molecule has 0 saturated heterocycles. The van der Waals surface area contributed by atoms with Crippen LogP contribution in [0.3, 0.4) is 0 Å². The van der Waals surface area contributed by atoms with Gasteiger partial charge in [0.1, 0.15) is 0 Å². The molecule has 126 valence electrons. The molecule has 23 heavy (non-hydrogen) atoms. The minimum absolute atomic E-state index is 0. The fraction of sp³-hybridized carbons (Fsp3) is 0.500. The first kappa shape index (κ1) is 18.2. The molecule has 1 aromatic heterocycles. The van der Waals surface area contributed by atoms with Crippen molar-refractivity contribution in [2.45, 2.75) is 32.6 Å². The van der Waals surface area contributed by atoms with Crippen molar-refractivity contribution in [3.05, 3.63) is 34.2 Å². The van der Waals surface area contributed by atoms with Crippen LogP contribution in [0.2, 0.25) is 0 Å². The van der Waals surface area contributed by atoms with Crippen LogP contribution < -0.4 is 5.32 Å². The van der Waals surface area contributed by atoms with Crippen LogP contribution >= 0.6 is 23.7 Å². The summed E-state index contributed by atoms with van der Waals surface area (Å²) in [6.45, 7) is 4.26. The zero-order valence-corrected chi connectivity index (χ0v) is 15.8. The van der Waals surface area contributed by atoms with Crippen molar-refractivity contribution >= 4 is 28.9 Å². The highest BCUT2D eigenvalue weighted by molar-refractivity contribution is 7.16.